The third-order valence-electron chi connectivity index (χ3n) is 2.77. The van der Waals surface area contributed by atoms with Gasteiger partial charge >= 0.3 is 58.4 Å². The Labute approximate surface area is 138 Å². The smallest absolute Gasteiger partial charge is 0.445 e. The zero-order valence-electron chi connectivity index (χ0n) is 9.85. The number of halogens is 3. The van der Waals surface area contributed by atoms with Crippen LogP contribution in [0.1, 0.15) is 38.5 Å². The largest absolute Gasteiger partial charge is 1.00 e. The summed E-state index contributed by atoms with van der Waals surface area (Å²) in [6, 6.07) is 0. The van der Waals surface area contributed by atoms with Gasteiger partial charge in [0.05, 0.1) is 6.10 Å². The fourth-order valence-corrected chi connectivity index (χ4v) is 1.73. The van der Waals surface area contributed by atoms with E-state index in [0.717, 1.165) is 25.7 Å². The third kappa shape index (κ3) is 6.81. The summed E-state index contributed by atoms with van der Waals surface area (Å²) in [6.45, 7) is -2.27. The molecule has 1 rings (SSSR count). The second-order valence-corrected chi connectivity index (χ2v) is 4.16. The summed E-state index contributed by atoms with van der Waals surface area (Å²) in [5.74, 6) is 0. The Kier molecular flexibility index (Phi) is 8.94. The Morgan fingerprint density at radius 1 is 1.12 bits per heavy atom. The Hall–Kier alpha value is 1.19. The molecule has 6 heteroatoms. The summed E-state index contributed by atoms with van der Waals surface area (Å²) < 4.78 is 41.7. The van der Waals surface area contributed by atoms with Crippen molar-refractivity contribution in [3.63, 3.8) is 0 Å². The number of hydrogen-bond donors (Lipinski definition) is 0. The molecule has 88 valence electrons. The molecule has 1 aliphatic rings. The van der Waals surface area contributed by atoms with Crippen molar-refractivity contribution in [3.05, 3.63) is 12.1 Å². The molecular formula is C10H17BF3KO. The van der Waals surface area contributed by atoms with E-state index in [1.165, 1.54) is 12.8 Å². The van der Waals surface area contributed by atoms with Crippen LogP contribution < -0.4 is 51.4 Å². The van der Waals surface area contributed by atoms with E-state index in [-0.39, 0.29) is 64.1 Å². The molecule has 1 aliphatic carbocycles. The molecule has 0 N–H and O–H groups in total. The van der Waals surface area contributed by atoms with Gasteiger partial charge in [-0.3, -0.25) is 0 Å². The van der Waals surface area contributed by atoms with E-state index in [4.69, 9.17) is 4.74 Å². The van der Waals surface area contributed by atoms with Gasteiger partial charge < -0.3 is 17.7 Å². The van der Waals surface area contributed by atoms with Crippen molar-refractivity contribution in [1.29, 1.82) is 0 Å². The zero-order valence-corrected chi connectivity index (χ0v) is 13.0. The van der Waals surface area contributed by atoms with Crippen molar-refractivity contribution in [1.82, 2.24) is 0 Å². The quantitative estimate of drug-likeness (QED) is 0.533. The van der Waals surface area contributed by atoms with E-state index in [1.54, 1.807) is 0 Å². The van der Waals surface area contributed by atoms with Crippen LogP contribution in [0.4, 0.5) is 12.9 Å². The van der Waals surface area contributed by atoms with Crippen molar-refractivity contribution in [2.75, 3.05) is 6.61 Å². The molecule has 0 radical (unpaired) electrons. The summed E-state index contributed by atoms with van der Waals surface area (Å²) in [4.78, 5) is 0. The first-order valence-electron chi connectivity index (χ1n) is 5.49. The van der Waals surface area contributed by atoms with Gasteiger partial charge in [-0.25, -0.2) is 0 Å². The summed E-state index contributed by atoms with van der Waals surface area (Å²) in [7, 11) is 0. The Balaban J connectivity index is 0.00000225. The molecule has 0 aromatic heterocycles. The molecule has 0 atom stereocenters. The number of rotatable bonds is 4. The van der Waals surface area contributed by atoms with Crippen LogP contribution in [0.3, 0.4) is 0 Å². The predicted molar refractivity (Wildman–Crippen MR) is 55.7 cm³/mol. The Bertz CT molecular complexity index is 213. The van der Waals surface area contributed by atoms with Crippen molar-refractivity contribution >= 4 is 6.98 Å². The summed E-state index contributed by atoms with van der Waals surface area (Å²) in [5.41, 5.74) is -0.723. The number of ether oxygens (including phenoxy) is 1. The molecule has 1 nitrogen and oxygen atoms in total. The number of hydrogen-bond acceptors (Lipinski definition) is 1. The van der Waals surface area contributed by atoms with Crippen LogP contribution in [0.25, 0.3) is 0 Å². The molecule has 0 aromatic carbocycles. The first-order valence-corrected chi connectivity index (χ1v) is 5.49. The van der Waals surface area contributed by atoms with Gasteiger partial charge in [0.1, 0.15) is 0 Å². The average molecular weight is 260 g/mol. The Morgan fingerprint density at radius 3 is 2.06 bits per heavy atom. The van der Waals surface area contributed by atoms with Crippen molar-refractivity contribution in [2.45, 2.75) is 44.6 Å². The van der Waals surface area contributed by atoms with Gasteiger partial charge in [0.2, 0.25) is 0 Å². The van der Waals surface area contributed by atoms with E-state index < -0.39 is 12.4 Å². The monoisotopic (exact) mass is 260 g/mol. The first-order chi connectivity index (χ1) is 7.00. The van der Waals surface area contributed by atoms with E-state index in [1.807, 2.05) is 0 Å². The minimum atomic E-state index is -4.93. The second-order valence-electron chi connectivity index (χ2n) is 4.16. The summed E-state index contributed by atoms with van der Waals surface area (Å²) >= 11 is 0. The molecule has 0 aliphatic heterocycles. The van der Waals surface area contributed by atoms with E-state index in [2.05, 4.69) is 6.58 Å². The molecule has 0 saturated heterocycles. The molecule has 16 heavy (non-hydrogen) atoms. The molecule has 1 saturated carbocycles. The molecule has 1 fully saturated rings. The summed E-state index contributed by atoms with van der Waals surface area (Å²) in [5, 5.41) is 0. The van der Waals surface area contributed by atoms with Crippen LogP contribution in [0.2, 0.25) is 0 Å². The molecule has 0 unspecified atom stereocenters. The minimum absolute atomic E-state index is 0. The van der Waals surface area contributed by atoms with Crippen LogP contribution in [0, 0.1) is 0 Å². The second kappa shape index (κ2) is 8.32. The molecule has 0 spiro atoms. The molecule has 0 aromatic rings. The third-order valence-corrected chi connectivity index (χ3v) is 2.77. The van der Waals surface area contributed by atoms with Gasteiger partial charge in [-0.15, -0.1) is 12.1 Å². The fraction of sp³-hybridized carbons (Fsp3) is 0.800. The SMILES string of the molecule is C=C(COC1CCCCCC1)[B-](F)(F)F.[K+]. The molecule has 0 amide bonds. The van der Waals surface area contributed by atoms with Gasteiger partial charge in [-0.05, 0) is 12.8 Å². The van der Waals surface area contributed by atoms with Gasteiger partial charge in [0.15, 0.2) is 0 Å². The van der Waals surface area contributed by atoms with E-state index in [0.29, 0.717) is 0 Å². The molecule has 0 bridgehead atoms. The van der Waals surface area contributed by atoms with E-state index >= 15 is 0 Å². The van der Waals surface area contributed by atoms with Crippen LogP contribution in [-0.2, 0) is 4.74 Å². The van der Waals surface area contributed by atoms with Crippen molar-refractivity contribution in [2.24, 2.45) is 0 Å². The molecular weight excluding hydrogens is 243 g/mol. The van der Waals surface area contributed by atoms with Crippen molar-refractivity contribution in [3.8, 4) is 0 Å². The summed E-state index contributed by atoms with van der Waals surface area (Å²) in [6.07, 6.45) is 6.25. The molecule has 0 heterocycles. The first kappa shape index (κ1) is 17.2. The fourth-order valence-electron chi connectivity index (χ4n) is 1.73. The van der Waals surface area contributed by atoms with Gasteiger partial charge in [0, 0.05) is 6.61 Å². The van der Waals surface area contributed by atoms with Gasteiger partial charge in [-0.2, -0.15) is 0 Å². The Morgan fingerprint density at radius 2 is 1.62 bits per heavy atom. The van der Waals surface area contributed by atoms with Crippen LogP contribution in [-0.4, -0.2) is 19.7 Å². The standard InChI is InChI=1S/C10H17BF3O.K/c1-9(11(12,13)14)8-15-10-6-4-2-3-5-7-10;/h10H,1-8H2;/q-1;+1. The zero-order chi connectivity index (χ0) is 11.3. The van der Waals surface area contributed by atoms with Gasteiger partial charge in [0.25, 0.3) is 0 Å². The maximum atomic E-state index is 12.2. The van der Waals surface area contributed by atoms with E-state index in [9.17, 15) is 12.9 Å². The maximum absolute atomic E-state index is 12.2. The van der Waals surface area contributed by atoms with Crippen molar-refractivity contribution < 1.29 is 69.1 Å². The normalized spacial score (nSPS) is 18.7. The van der Waals surface area contributed by atoms with Crippen LogP contribution >= 0.6 is 0 Å². The van der Waals surface area contributed by atoms with Crippen LogP contribution in [0.5, 0.6) is 0 Å². The van der Waals surface area contributed by atoms with Crippen LogP contribution in [0.15, 0.2) is 12.1 Å². The van der Waals surface area contributed by atoms with Gasteiger partial charge in [-0.1, -0.05) is 25.7 Å². The topological polar surface area (TPSA) is 9.23 Å². The predicted octanol–water partition coefficient (Wildman–Crippen LogP) is 0.673. The maximum Gasteiger partial charge on any atom is 1.00 e. The minimum Gasteiger partial charge on any atom is -0.445 e. The average Bonchev–Trinajstić information content (AvgIpc) is 2.40.